The Morgan fingerprint density at radius 3 is 2.26 bits per heavy atom. The number of benzene rings is 2. The predicted molar refractivity (Wildman–Crippen MR) is 132 cm³/mol. The molecule has 0 aromatic heterocycles. The summed E-state index contributed by atoms with van der Waals surface area (Å²) in [4.78, 5) is 24.7. The molecule has 2 N–H and O–H groups in total. The van der Waals surface area contributed by atoms with Gasteiger partial charge >= 0.3 is 5.97 Å². The van der Waals surface area contributed by atoms with Crippen LogP contribution in [0.4, 0.5) is 0 Å². The normalized spacial score (nSPS) is 19.0. The number of nitrogens with one attached hydrogen (secondary N) is 1. The van der Waals surface area contributed by atoms with Gasteiger partial charge in [0.05, 0.1) is 23.6 Å². The zero-order chi connectivity index (χ0) is 24.7. The first-order valence-electron chi connectivity index (χ1n) is 12.5. The van der Waals surface area contributed by atoms with Gasteiger partial charge < -0.3 is 24.6 Å². The topological polar surface area (TPSA) is 94.1 Å². The number of aromatic carboxylic acids is 1. The Morgan fingerprint density at radius 2 is 1.63 bits per heavy atom. The van der Waals surface area contributed by atoms with Crippen LogP contribution in [0.1, 0.15) is 66.6 Å². The van der Waals surface area contributed by atoms with Crippen LogP contribution in [0.15, 0.2) is 48.5 Å². The van der Waals surface area contributed by atoms with Crippen LogP contribution >= 0.6 is 0 Å². The summed E-state index contributed by atoms with van der Waals surface area (Å²) in [5.41, 5.74) is 1.37. The van der Waals surface area contributed by atoms with Crippen molar-refractivity contribution in [2.45, 2.75) is 50.5 Å². The Kier molecular flexibility index (Phi) is 8.42. The highest BCUT2D eigenvalue weighted by molar-refractivity contribution is 5.89. The largest absolute Gasteiger partial charge is 0.494 e. The molecule has 2 saturated heterocycles. The molecule has 0 aliphatic carbocycles. The quantitative estimate of drug-likeness (QED) is 0.548. The van der Waals surface area contributed by atoms with Gasteiger partial charge in [0.15, 0.2) is 0 Å². The summed E-state index contributed by atoms with van der Waals surface area (Å²) in [7, 11) is 0. The lowest BCUT2D eigenvalue weighted by atomic mass is 9.73. The van der Waals surface area contributed by atoms with Gasteiger partial charge in [0.1, 0.15) is 5.75 Å². The standard InChI is InChI=1S/C28H35NO6/c1-20(22-2-4-23(5-3-22)26(30)31)29-27(32)28(13-18-34-19-14-28)24-6-8-25(9-7-24)35-17-12-21-10-15-33-16-11-21/h2-9,20-21H,10-19H2,1H3,(H,29,32)(H,30,31)/t20-/m0/s1. The predicted octanol–water partition coefficient (Wildman–Crippen LogP) is 4.51. The van der Waals surface area contributed by atoms with E-state index in [-0.39, 0.29) is 17.5 Å². The van der Waals surface area contributed by atoms with Gasteiger partial charge in [0.2, 0.25) is 5.91 Å². The van der Waals surface area contributed by atoms with Gasteiger partial charge in [-0.3, -0.25) is 4.79 Å². The van der Waals surface area contributed by atoms with Crippen molar-refractivity contribution in [3.05, 3.63) is 65.2 Å². The number of carboxylic acids is 1. The van der Waals surface area contributed by atoms with Gasteiger partial charge in [0, 0.05) is 26.4 Å². The monoisotopic (exact) mass is 481 g/mol. The Balaban J connectivity index is 1.41. The maximum absolute atomic E-state index is 13.6. The van der Waals surface area contributed by atoms with Crippen molar-refractivity contribution in [1.82, 2.24) is 5.32 Å². The van der Waals surface area contributed by atoms with E-state index in [0.717, 1.165) is 49.4 Å². The van der Waals surface area contributed by atoms with Gasteiger partial charge in [-0.15, -0.1) is 0 Å². The van der Waals surface area contributed by atoms with E-state index in [1.165, 1.54) is 0 Å². The first kappa shape index (κ1) is 25.2. The molecule has 2 aliphatic heterocycles. The van der Waals surface area contributed by atoms with E-state index in [1.54, 1.807) is 24.3 Å². The van der Waals surface area contributed by atoms with Crippen LogP contribution in [0.5, 0.6) is 5.75 Å². The van der Waals surface area contributed by atoms with Gasteiger partial charge in [0.25, 0.3) is 0 Å². The third kappa shape index (κ3) is 6.21. The van der Waals surface area contributed by atoms with Gasteiger partial charge in [-0.05, 0) is 80.3 Å². The number of ether oxygens (including phenoxy) is 3. The van der Waals surface area contributed by atoms with Gasteiger partial charge in [-0.1, -0.05) is 24.3 Å². The van der Waals surface area contributed by atoms with Crippen molar-refractivity contribution in [2.75, 3.05) is 33.0 Å². The molecule has 0 saturated carbocycles. The summed E-state index contributed by atoms with van der Waals surface area (Å²) in [6.07, 6.45) is 4.44. The Morgan fingerprint density at radius 1 is 1.00 bits per heavy atom. The van der Waals surface area contributed by atoms with E-state index < -0.39 is 11.4 Å². The molecule has 0 radical (unpaired) electrons. The van der Waals surface area contributed by atoms with Gasteiger partial charge in [-0.2, -0.15) is 0 Å². The second-order valence-electron chi connectivity index (χ2n) is 9.53. The second kappa shape index (κ2) is 11.7. The molecule has 2 heterocycles. The molecule has 0 unspecified atom stereocenters. The van der Waals surface area contributed by atoms with E-state index in [0.29, 0.717) is 38.6 Å². The average molecular weight is 482 g/mol. The van der Waals surface area contributed by atoms with E-state index >= 15 is 0 Å². The van der Waals surface area contributed by atoms with Crippen LogP contribution in [0.3, 0.4) is 0 Å². The summed E-state index contributed by atoms with van der Waals surface area (Å²) < 4.78 is 17.0. The maximum atomic E-state index is 13.6. The fourth-order valence-electron chi connectivity index (χ4n) is 4.95. The molecule has 35 heavy (non-hydrogen) atoms. The molecule has 7 heteroatoms. The van der Waals surface area contributed by atoms with E-state index in [1.807, 2.05) is 31.2 Å². The smallest absolute Gasteiger partial charge is 0.335 e. The molecule has 0 spiro atoms. The lowest BCUT2D eigenvalue weighted by Gasteiger charge is -2.37. The molecule has 2 aromatic carbocycles. The molecule has 2 aromatic rings. The third-order valence-corrected chi connectivity index (χ3v) is 7.33. The number of hydrogen-bond acceptors (Lipinski definition) is 5. The fraction of sp³-hybridized carbons (Fsp3) is 0.500. The molecule has 188 valence electrons. The number of carboxylic acid groups (broad SMARTS) is 1. The van der Waals surface area contributed by atoms with E-state index in [2.05, 4.69) is 5.32 Å². The number of rotatable bonds is 9. The molecule has 2 fully saturated rings. The average Bonchev–Trinajstić information content (AvgIpc) is 2.90. The van der Waals surface area contributed by atoms with Crippen LogP contribution in [-0.4, -0.2) is 50.0 Å². The highest BCUT2D eigenvalue weighted by Crippen LogP contribution is 2.37. The molecule has 0 bridgehead atoms. The van der Waals surface area contributed by atoms with Crippen molar-refractivity contribution in [1.29, 1.82) is 0 Å². The van der Waals surface area contributed by atoms with E-state index in [4.69, 9.17) is 19.3 Å². The Labute approximate surface area is 206 Å². The lowest BCUT2D eigenvalue weighted by molar-refractivity contribution is -0.131. The first-order valence-corrected chi connectivity index (χ1v) is 12.5. The SMILES string of the molecule is C[C@H](NC(=O)C1(c2ccc(OCCC3CCOCC3)cc2)CCOCC1)c1ccc(C(=O)O)cc1. The molecule has 7 nitrogen and oxygen atoms in total. The summed E-state index contributed by atoms with van der Waals surface area (Å²) in [5, 5.41) is 12.3. The van der Waals surface area contributed by atoms with Crippen LogP contribution in [0.25, 0.3) is 0 Å². The summed E-state index contributed by atoms with van der Waals surface area (Å²) in [5.74, 6) is 0.476. The minimum absolute atomic E-state index is 0.0382. The number of hydrogen-bond donors (Lipinski definition) is 2. The van der Waals surface area contributed by atoms with E-state index in [9.17, 15) is 9.59 Å². The van der Waals surface area contributed by atoms with Crippen LogP contribution in [0.2, 0.25) is 0 Å². The van der Waals surface area contributed by atoms with Crippen molar-refractivity contribution >= 4 is 11.9 Å². The first-order chi connectivity index (χ1) is 17.0. The molecule has 1 atom stereocenters. The third-order valence-electron chi connectivity index (χ3n) is 7.33. The minimum Gasteiger partial charge on any atom is -0.494 e. The fourth-order valence-corrected chi connectivity index (χ4v) is 4.95. The minimum atomic E-state index is -0.967. The highest BCUT2D eigenvalue weighted by atomic mass is 16.5. The van der Waals surface area contributed by atoms with Gasteiger partial charge in [-0.25, -0.2) is 4.79 Å². The van der Waals surface area contributed by atoms with Crippen molar-refractivity contribution < 1.29 is 28.9 Å². The van der Waals surface area contributed by atoms with Crippen LogP contribution in [0, 0.1) is 5.92 Å². The van der Waals surface area contributed by atoms with Crippen LogP contribution in [-0.2, 0) is 19.7 Å². The second-order valence-corrected chi connectivity index (χ2v) is 9.53. The zero-order valence-electron chi connectivity index (χ0n) is 20.3. The van der Waals surface area contributed by atoms with Crippen LogP contribution < -0.4 is 10.1 Å². The molecular weight excluding hydrogens is 446 g/mol. The summed E-state index contributed by atoms with van der Waals surface area (Å²) >= 11 is 0. The number of carbonyl (C=O) groups is 2. The van der Waals surface area contributed by atoms with Crippen molar-refractivity contribution in [3.63, 3.8) is 0 Å². The lowest BCUT2D eigenvalue weighted by Crippen LogP contribution is -2.48. The highest BCUT2D eigenvalue weighted by Gasteiger charge is 2.42. The maximum Gasteiger partial charge on any atom is 0.335 e. The molecule has 4 rings (SSSR count). The Hall–Kier alpha value is -2.90. The zero-order valence-corrected chi connectivity index (χ0v) is 20.3. The molecule has 1 amide bonds. The summed E-state index contributed by atoms with van der Waals surface area (Å²) in [6.45, 7) is 5.34. The number of carbonyl (C=O) groups excluding carboxylic acids is 1. The van der Waals surface area contributed by atoms with Crippen molar-refractivity contribution in [2.24, 2.45) is 5.92 Å². The number of amides is 1. The molecule has 2 aliphatic rings. The molecular formula is C28H35NO6. The summed E-state index contributed by atoms with van der Waals surface area (Å²) in [6, 6.07) is 14.3. The Bertz CT molecular complexity index is 976. The van der Waals surface area contributed by atoms with Crippen molar-refractivity contribution in [3.8, 4) is 5.75 Å².